The molecule has 0 saturated carbocycles. The molecule has 0 bridgehead atoms. The van der Waals surface area contributed by atoms with Crippen LogP contribution in [0.15, 0.2) is 0 Å². The highest BCUT2D eigenvalue weighted by Gasteiger charge is 2.39. The highest BCUT2D eigenvalue weighted by Crippen LogP contribution is 2.20. The second kappa shape index (κ2) is 10.6. The number of carboxylic acids is 1. The van der Waals surface area contributed by atoms with Crippen molar-refractivity contribution in [3.63, 3.8) is 0 Å². The number of carboxylic acid groups (broad SMARTS) is 1. The van der Waals surface area contributed by atoms with E-state index < -0.39 is 54.1 Å². The maximum atomic E-state index is 12.9. The van der Waals surface area contributed by atoms with Crippen LogP contribution in [0, 0.1) is 5.92 Å². The van der Waals surface area contributed by atoms with E-state index in [1.165, 1.54) is 4.90 Å². The Kier molecular flexibility index (Phi) is 8.83. The Morgan fingerprint density at radius 1 is 1.14 bits per heavy atom. The number of rotatable bonds is 10. The molecule has 0 spiro atoms. The van der Waals surface area contributed by atoms with Crippen molar-refractivity contribution in [2.24, 2.45) is 17.4 Å². The molecule has 158 valence electrons. The van der Waals surface area contributed by atoms with Crippen molar-refractivity contribution >= 4 is 29.6 Å². The van der Waals surface area contributed by atoms with E-state index in [9.17, 15) is 24.0 Å². The lowest BCUT2D eigenvalue weighted by Gasteiger charge is -2.30. The molecular formula is C17H29N5O6. The van der Waals surface area contributed by atoms with E-state index >= 15 is 0 Å². The first-order chi connectivity index (χ1) is 13.1. The van der Waals surface area contributed by atoms with Gasteiger partial charge in [0.15, 0.2) is 0 Å². The minimum absolute atomic E-state index is 0.105. The normalized spacial score (nSPS) is 18.4. The zero-order valence-electron chi connectivity index (χ0n) is 16.1. The van der Waals surface area contributed by atoms with Crippen molar-refractivity contribution in [1.82, 2.24) is 15.5 Å². The summed E-state index contributed by atoms with van der Waals surface area (Å²) in [5, 5.41) is 14.0. The number of hydrogen-bond acceptors (Lipinski definition) is 6. The van der Waals surface area contributed by atoms with E-state index in [1.807, 2.05) is 13.8 Å². The van der Waals surface area contributed by atoms with E-state index in [1.54, 1.807) is 0 Å². The summed E-state index contributed by atoms with van der Waals surface area (Å²) < 4.78 is 0. The number of amides is 4. The zero-order chi connectivity index (χ0) is 21.4. The van der Waals surface area contributed by atoms with Crippen molar-refractivity contribution in [3.05, 3.63) is 0 Å². The third-order valence-corrected chi connectivity index (χ3v) is 4.38. The van der Waals surface area contributed by atoms with Crippen LogP contribution < -0.4 is 22.1 Å². The first-order valence-corrected chi connectivity index (χ1v) is 9.18. The number of nitrogens with zero attached hydrogens (tertiary/aromatic N) is 1. The van der Waals surface area contributed by atoms with Crippen LogP contribution in [0.4, 0.5) is 0 Å². The Morgan fingerprint density at radius 3 is 2.29 bits per heavy atom. The lowest BCUT2D eigenvalue weighted by molar-refractivity contribution is -0.145. The molecule has 11 nitrogen and oxygen atoms in total. The first-order valence-electron chi connectivity index (χ1n) is 9.18. The fourth-order valence-electron chi connectivity index (χ4n) is 3.12. The fourth-order valence-corrected chi connectivity index (χ4v) is 3.12. The third kappa shape index (κ3) is 6.80. The van der Waals surface area contributed by atoms with Gasteiger partial charge in [-0.2, -0.15) is 0 Å². The van der Waals surface area contributed by atoms with E-state index in [4.69, 9.17) is 16.6 Å². The molecule has 4 amide bonds. The molecule has 1 fully saturated rings. The minimum Gasteiger partial charge on any atom is -0.480 e. The van der Waals surface area contributed by atoms with Crippen LogP contribution in [-0.4, -0.2) is 70.8 Å². The van der Waals surface area contributed by atoms with Crippen molar-refractivity contribution in [3.8, 4) is 0 Å². The number of carbonyl (C=O) groups excluding carboxylic acids is 4. The monoisotopic (exact) mass is 399 g/mol. The molecule has 11 heteroatoms. The Labute approximate surface area is 163 Å². The molecule has 28 heavy (non-hydrogen) atoms. The van der Waals surface area contributed by atoms with Crippen LogP contribution >= 0.6 is 0 Å². The maximum absolute atomic E-state index is 12.9. The van der Waals surface area contributed by atoms with Crippen LogP contribution in [0.2, 0.25) is 0 Å². The minimum atomic E-state index is -1.47. The van der Waals surface area contributed by atoms with Crippen molar-refractivity contribution in [2.45, 2.75) is 57.7 Å². The van der Waals surface area contributed by atoms with Gasteiger partial charge in [-0.1, -0.05) is 13.8 Å². The predicted molar refractivity (Wildman–Crippen MR) is 98.6 cm³/mol. The largest absolute Gasteiger partial charge is 0.480 e. The second-order valence-electron chi connectivity index (χ2n) is 7.21. The van der Waals surface area contributed by atoms with Crippen LogP contribution in [0.25, 0.3) is 0 Å². The summed E-state index contributed by atoms with van der Waals surface area (Å²) in [7, 11) is 0. The molecule has 1 aliphatic heterocycles. The van der Waals surface area contributed by atoms with Gasteiger partial charge in [0.25, 0.3) is 0 Å². The van der Waals surface area contributed by atoms with Gasteiger partial charge in [-0.25, -0.2) is 4.79 Å². The van der Waals surface area contributed by atoms with Gasteiger partial charge in [0.2, 0.25) is 23.6 Å². The maximum Gasteiger partial charge on any atom is 0.326 e. The molecular weight excluding hydrogens is 370 g/mol. The number of hydrogen-bond donors (Lipinski definition) is 5. The van der Waals surface area contributed by atoms with E-state index in [2.05, 4.69) is 10.6 Å². The quantitative estimate of drug-likeness (QED) is 0.279. The molecule has 3 atom stereocenters. The smallest absolute Gasteiger partial charge is 0.326 e. The van der Waals surface area contributed by atoms with Crippen molar-refractivity contribution in [2.75, 3.05) is 13.1 Å². The number of carbonyl (C=O) groups is 5. The summed E-state index contributed by atoms with van der Waals surface area (Å²) in [6.07, 6.45) is 0.718. The molecule has 7 N–H and O–H groups in total. The molecule has 1 aliphatic rings. The zero-order valence-corrected chi connectivity index (χ0v) is 16.1. The summed E-state index contributed by atoms with van der Waals surface area (Å²) in [6, 6.07) is -3.18. The summed E-state index contributed by atoms with van der Waals surface area (Å²) in [5.74, 6) is -3.73. The molecule has 0 aromatic carbocycles. The third-order valence-electron chi connectivity index (χ3n) is 4.38. The SMILES string of the molecule is CC(C)CC(NC(=O)CN)C(=O)N1CCCC1C(=O)NC(CC(N)=O)C(=O)O. The molecule has 3 unspecified atom stereocenters. The van der Waals surface area contributed by atoms with Gasteiger partial charge in [-0.05, 0) is 25.2 Å². The Morgan fingerprint density at radius 2 is 1.79 bits per heavy atom. The molecule has 1 rings (SSSR count). The van der Waals surface area contributed by atoms with Gasteiger partial charge in [-0.15, -0.1) is 0 Å². The molecule has 1 saturated heterocycles. The van der Waals surface area contributed by atoms with E-state index in [0.717, 1.165) is 0 Å². The number of nitrogens with two attached hydrogens (primary N) is 2. The fraction of sp³-hybridized carbons (Fsp3) is 0.706. The molecule has 0 aromatic heterocycles. The summed E-state index contributed by atoms with van der Waals surface area (Å²) >= 11 is 0. The lowest BCUT2D eigenvalue weighted by atomic mass is 10.0. The van der Waals surface area contributed by atoms with Gasteiger partial charge in [0.05, 0.1) is 13.0 Å². The summed E-state index contributed by atoms with van der Waals surface area (Å²) in [4.78, 5) is 60.7. The lowest BCUT2D eigenvalue weighted by Crippen LogP contribution is -2.56. The van der Waals surface area contributed by atoms with Crippen molar-refractivity contribution < 1.29 is 29.1 Å². The first kappa shape index (κ1) is 23.3. The Bertz CT molecular complexity index is 623. The molecule has 1 heterocycles. The van der Waals surface area contributed by atoms with Crippen LogP contribution in [0.3, 0.4) is 0 Å². The average Bonchev–Trinajstić information content (AvgIpc) is 3.08. The molecule has 0 radical (unpaired) electrons. The number of aliphatic carboxylic acids is 1. The molecule has 0 aromatic rings. The van der Waals surface area contributed by atoms with Gasteiger partial charge >= 0.3 is 5.97 Å². The topological polar surface area (TPSA) is 185 Å². The van der Waals surface area contributed by atoms with Crippen LogP contribution in [0.5, 0.6) is 0 Å². The predicted octanol–water partition coefficient (Wildman–Crippen LogP) is -2.09. The molecule has 0 aliphatic carbocycles. The number of likely N-dealkylation sites (tertiary alicyclic amines) is 1. The van der Waals surface area contributed by atoms with Gasteiger partial charge in [0, 0.05) is 6.54 Å². The van der Waals surface area contributed by atoms with E-state index in [0.29, 0.717) is 25.8 Å². The second-order valence-corrected chi connectivity index (χ2v) is 7.21. The van der Waals surface area contributed by atoms with Crippen LogP contribution in [-0.2, 0) is 24.0 Å². The summed E-state index contributed by atoms with van der Waals surface area (Å²) in [6.45, 7) is 3.82. The van der Waals surface area contributed by atoms with E-state index in [-0.39, 0.29) is 12.5 Å². The highest BCUT2D eigenvalue weighted by atomic mass is 16.4. The number of nitrogens with one attached hydrogen (secondary N) is 2. The van der Waals surface area contributed by atoms with Gasteiger partial charge in [0.1, 0.15) is 18.1 Å². The number of primary amides is 1. The van der Waals surface area contributed by atoms with Crippen LogP contribution in [0.1, 0.15) is 39.5 Å². The summed E-state index contributed by atoms with van der Waals surface area (Å²) in [5.41, 5.74) is 10.3. The Hall–Kier alpha value is -2.69. The van der Waals surface area contributed by atoms with Gasteiger partial charge < -0.3 is 32.1 Å². The average molecular weight is 399 g/mol. The standard InChI is InChI=1S/C17H29N5O6/c1-9(2)6-10(20-14(24)8-18)16(26)22-5-3-4-12(22)15(25)21-11(17(27)28)7-13(19)23/h9-12H,3-8,18H2,1-2H3,(H2,19,23)(H,20,24)(H,21,25)(H,27,28). The highest BCUT2D eigenvalue weighted by molar-refractivity contribution is 5.94. The van der Waals surface area contributed by atoms with Gasteiger partial charge in [-0.3, -0.25) is 19.2 Å². The Balaban J connectivity index is 2.91. The van der Waals surface area contributed by atoms with Crippen molar-refractivity contribution in [1.29, 1.82) is 0 Å².